The van der Waals surface area contributed by atoms with Gasteiger partial charge in [0.15, 0.2) is 0 Å². The Balaban J connectivity index is 1.81. The number of benzene rings is 1. The third-order valence-electron chi connectivity index (χ3n) is 4.97. The zero-order valence-corrected chi connectivity index (χ0v) is 13.6. The smallest absolute Gasteiger partial charge is 0.399 e. The molecule has 114 valence electrons. The van der Waals surface area contributed by atoms with E-state index in [1.807, 2.05) is 0 Å². The van der Waals surface area contributed by atoms with E-state index in [0.717, 1.165) is 18.7 Å². The molecule has 0 amide bonds. The summed E-state index contributed by atoms with van der Waals surface area (Å²) in [6.07, 6.45) is 0. The molecule has 0 saturated carbocycles. The molecule has 1 aromatic carbocycles. The minimum absolute atomic E-state index is 0.304. The third kappa shape index (κ3) is 2.58. The number of nitrogens with zero attached hydrogens (tertiary/aromatic N) is 1. The van der Waals surface area contributed by atoms with Crippen LogP contribution in [0.4, 0.5) is 5.69 Å². The molecule has 0 spiro atoms. The van der Waals surface area contributed by atoms with Gasteiger partial charge in [0.2, 0.25) is 0 Å². The number of rotatable bonds is 3. The average molecular weight is 289 g/mol. The van der Waals surface area contributed by atoms with Crippen LogP contribution in [0.15, 0.2) is 24.3 Å². The van der Waals surface area contributed by atoms with Gasteiger partial charge in [0, 0.05) is 12.7 Å². The number of ether oxygens (including phenoxy) is 1. The summed E-state index contributed by atoms with van der Waals surface area (Å²) < 4.78 is 17.5. The van der Waals surface area contributed by atoms with Gasteiger partial charge in [0.1, 0.15) is 0 Å². The van der Waals surface area contributed by atoms with E-state index in [2.05, 4.69) is 63.9 Å². The minimum atomic E-state index is -0.305. The molecule has 0 aliphatic carbocycles. The van der Waals surface area contributed by atoms with Crippen molar-refractivity contribution < 1.29 is 14.0 Å². The fourth-order valence-corrected chi connectivity index (χ4v) is 2.53. The van der Waals surface area contributed by atoms with Gasteiger partial charge in [-0.2, -0.15) is 0 Å². The van der Waals surface area contributed by atoms with Gasteiger partial charge in [-0.25, -0.2) is 0 Å². The van der Waals surface area contributed by atoms with Gasteiger partial charge in [-0.1, -0.05) is 12.1 Å². The highest BCUT2D eigenvalue weighted by atomic mass is 16.7. The maximum absolute atomic E-state index is 6.12. The van der Waals surface area contributed by atoms with Crippen LogP contribution in [0.25, 0.3) is 0 Å². The van der Waals surface area contributed by atoms with Gasteiger partial charge in [-0.15, -0.1) is 0 Å². The highest BCUT2D eigenvalue weighted by molar-refractivity contribution is 6.62. The fraction of sp³-hybridized carbons (Fsp3) is 0.625. The van der Waals surface area contributed by atoms with Gasteiger partial charge in [0.05, 0.1) is 30.5 Å². The van der Waals surface area contributed by atoms with Crippen molar-refractivity contribution >= 4 is 18.3 Å². The third-order valence-corrected chi connectivity index (χ3v) is 4.97. The minimum Gasteiger partial charge on any atom is -0.399 e. The van der Waals surface area contributed by atoms with Crippen molar-refractivity contribution in [2.24, 2.45) is 0 Å². The SMILES string of the molecule is CN(c1cccc(B2OC(C)(C)C(C)(C)O2)c1)C1COC1. The predicted octanol–water partition coefficient (Wildman–Crippen LogP) is 1.82. The highest BCUT2D eigenvalue weighted by Gasteiger charge is 2.51. The first kappa shape index (κ1) is 14.9. The summed E-state index contributed by atoms with van der Waals surface area (Å²) in [5.41, 5.74) is 1.64. The van der Waals surface area contributed by atoms with Crippen molar-refractivity contribution in [1.82, 2.24) is 0 Å². The van der Waals surface area contributed by atoms with Crippen molar-refractivity contribution in [3.63, 3.8) is 0 Å². The highest BCUT2D eigenvalue weighted by Crippen LogP contribution is 2.36. The molecule has 0 atom stereocenters. The number of anilines is 1. The Morgan fingerprint density at radius 1 is 1.10 bits per heavy atom. The van der Waals surface area contributed by atoms with Crippen LogP contribution in [0.1, 0.15) is 27.7 Å². The summed E-state index contributed by atoms with van der Waals surface area (Å²) in [5, 5.41) is 0. The fourth-order valence-electron chi connectivity index (χ4n) is 2.53. The summed E-state index contributed by atoms with van der Waals surface area (Å²) in [4.78, 5) is 2.26. The van der Waals surface area contributed by atoms with E-state index in [9.17, 15) is 0 Å². The van der Waals surface area contributed by atoms with Crippen LogP contribution in [0.5, 0.6) is 0 Å². The van der Waals surface area contributed by atoms with Crippen molar-refractivity contribution in [2.75, 3.05) is 25.2 Å². The number of likely N-dealkylation sites (N-methyl/N-ethyl adjacent to an activating group) is 1. The van der Waals surface area contributed by atoms with Crippen LogP contribution in [0, 0.1) is 0 Å². The Morgan fingerprint density at radius 3 is 2.24 bits per heavy atom. The molecule has 2 aliphatic rings. The molecule has 1 aromatic rings. The second kappa shape index (κ2) is 5.01. The molecule has 4 nitrogen and oxygen atoms in total. The lowest BCUT2D eigenvalue weighted by atomic mass is 9.79. The topological polar surface area (TPSA) is 30.9 Å². The van der Waals surface area contributed by atoms with Crippen LogP contribution < -0.4 is 10.4 Å². The van der Waals surface area contributed by atoms with E-state index in [0.29, 0.717) is 6.04 Å². The van der Waals surface area contributed by atoms with Gasteiger partial charge in [0.25, 0.3) is 0 Å². The van der Waals surface area contributed by atoms with Gasteiger partial charge in [-0.3, -0.25) is 0 Å². The van der Waals surface area contributed by atoms with Crippen molar-refractivity contribution in [3.05, 3.63) is 24.3 Å². The summed E-state index contributed by atoms with van der Waals surface area (Å²) >= 11 is 0. The first-order valence-corrected chi connectivity index (χ1v) is 7.56. The van der Waals surface area contributed by atoms with E-state index in [1.54, 1.807) is 0 Å². The van der Waals surface area contributed by atoms with Crippen molar-refractivity contribution in [1.29, 1.82) is 0 Å². The molecule has 2 aliphatic heterocycles. The molecular weight excluding hydrogens is 265 g/mol. The lowest BCUT2D eigenvalue weighted by Gasteiger charge is -2.36. The van der Waals surface area contributed by atoms with Crippen LogP contribution >= 0.6 is 0 Å². The molecule has 5 heteroatoms. The summed E-state index contributed by atoms with van der Waals surface area (Å²) in [5.74, 6) is 0. The molecular formula is C16H24BNO3. The molecule has 0 aromatic heterocycles. The maximum Gasteiger partial charge on any atom is 0.494 e. The van der Waals surface area contributed by atoms with Gasteiger partial charge >= 0.3 is 7.12 Å². The summed E-state index contributed by atoms with van der Waals surface area (Å²) in [7, 11) is 1.80. The Hall–Kier alpha value is -1.04. The number of hydrogen-bond acceptors (Lipinski definition) is 4. The molecule has 3 rings (SSSR count). The van der Waals surface area contributed by atoms with Crippen LogP contribution in [0.2, 0.25) is 0 Å². The van der Waals surface area contributed by atoms with Gasteiger partial charge < -0.3 is 18.9 Å². The zero-order chi connectivity index (χ0) is 15.3. The molecule has 0 radical (unpaired) electrons. The van der Waals surface area contributed by atoms with Crippen molar-refractivity contribution in [2.45, 2.75) is 44.9 Å². The van der Waals surface area contributed by atoms with E-state index in [4.69, 9.17) is 14.0 Å². The second-order valence-corrected chi connectivity index (χ2v) is 6.99. The maximum atomic E-state index is 6.12. The molecule has 2 fully saturated rings. The Bertz CT molecular complexity index is 512. The second-order valence-electron chi connectivity index (χ2n) is 6.99. The van der Waals surface area contributed by atoms with E-state index in [1.165, 1.54) is 5.69 Å². The van der Waals surface area contributed by atoms with Crippen LogP contribution in [0.3, 0.4) is 0 Å². The monoisotopic (exact) mass is 289 g/mol. The Labute approximate surface area is 127 Å². The normalized spacial score (nSPS) is 24.0. The van der Waals surface area contributed by atoms with E-state index in [-0.39, 0.29) is 18.3 Å². The van der Waals surface area contributed by atoms with Crippen LogP contribution in [-0.2, 0) is 14.0 Å². The first-order chi connectivity index (χ1) is 9.80. The average Bonchev–Trinajstić information content (AvgIpc) is 2.56. The Kier molecular flexibility index (Phi) is 3.55. The van der Waals surface area contributed by atoms with E-state index >= 15 is 0 Å². The van der Waals surface area contributed by atoms with Gasteiger partial charge in [-0.05, 0) is 45.3 Å². The molecule has 0 N–H and O–H groups in total. The lowest BCUT2D eigenvalue weighted by molar-refractivity contribution is 0.00578. The van der Waals surface area contributed by atoms with Crippen molar-refractivity contribution in [3.8, 4) is 0 Å². The summed E-state index contributed by atoms with van der Waals surface area (Å²) in [6, 6.07) is 8.87. The Morgan fingerprint density at radius 2 is 1.71 bits per heavy atom. The zero-order valence-electron chi connectivity index (χ0n) is 13.6. The molecule has 21 heavy (non-hydrogen) atoms. The quantitative estimate of drug-likeness (QED) is 0.794. The molecule has 0 unspecified atom stereocenters. The lowest BCUT2D eigenvalue weighted by Crippen LogP contribution is -2.47. The predicted molar refractivity (Wildman–Crippen MR) is 85.2 cm³/mol. The summed E-state index contributed by atoms with van der Waals surface area (Å²) in [6.45, 7) is 9.92. The molecule has 0 bridgehead atoms. The van der Waals surface area contributed by atoms with Crippen LogP contribution in [-0.4, -0.2) is 44.6 Å². The largest absolute Gasteiger partial charge is 0.494 e. The molecule has 2 heterocycles. The standard InChI is InChI=1S/C16H24BNO3/c1-15(2)16(3,4)21-17(20-15)12-7-6-8-13(9-12)18(5)14-10-19-11-14/h6-9,14H,10-11H2,1-5H3. The first-order valence-electron chi connectivity index (χ1n) is 7.56. The number of hydrogen-bond donors (Lipinski definition) is 0. The van der Waals surface area contributed by atoms with E-state index < -0.39 is 0 Å². The molecule has 2 saturated heterocycles.